The Bertz CT molecular complexity index is 961. The topological polar surface area (TPSA) is 46.5 Å². The molecule has 0 aliphatic carbocycles. The second-order valence-corrected chi connectivity index (χ2v) is 8.95. The van der Waals surface area contributed by atoms with Crippen LogP contribution in [0.5, 0.6) is 5.75 Å². The number of piperidine rings is 1. The molecule has 2 aliphatic heterocycles. The largest absolute Gasteiger partial charge is 0.492 e. The molecule has 4 rings (SSSR count). The summed E-state index contributed by atoms with van der Waals surface area (Å²) < 4.78 is 8.09. The number of halogens is 2. The van der Waals surface area contributed by atoms with Gasteiger partial charge in [-0.15, -0.1) is 24.8 Å². The molecule has 1 aromatic heterocycles. The number of hydrogen-bond donors (Lipinski definition) is 1. The predicted molar refractivity (Wildman–Crippen MR) is 131 cm³/mol. The van der Waals surface area contributed by atoms with Gasteiger partial charge in [-0.1, -0.05) is 12.1 Å². The fraction of sp³-hybridized carbons (Fsp3) is 0.542. The smallest absolute Gasteiger partial charge is 0.255 e. The van der Waals surface area contributed by atoms with E-state index in [1.165, 1.54) is 28.8 Å². The maximum absolute atomic E-state index is 13.1. The molecule has 7 heteroatoms. The van der Waals surface area contributed by atoms with Gasteiger partial charge in [0.05, 0.1) is 0 Å². The summed E-state index contributed by atoms with van der Waals surface area (Å²) in [6.07, 6.45) is 1.21. The average Bonchev–Trinajstić information content (AvgIpc) is 2.68. The van der Waals surface area contributed by atoms with E-state index in [0.717, 1.165) is 37.5 Å². The fourth-order valence-electron chi connectivity index (χ4n) is 4.79. The zero-order chi connectivity index (χ0) is 20.5. The molecule has 0 unspecified atom stereocenters. The lowest BCUT2D eigenvalue weighted by Crippen LogP contribution is -2.45. The highest BCUT2D eigenvalue weighted by molar-refractivity contribution is 5.85. The number of hydrogen-bond acceptors (Lipinski definition) is 4. The van der Waals surface area contributed by atoms with Crippen molar-refractivity contribution in [2.45, 2.75) is 46.2 Å². The molecule has 2 aliphatic rings. The van der Waals surface area contributed by atoms with Gasteiger partial charge >= 0.3 is 0 Å². The number of aromatic nitrogens is 1. The van der Waals surface area contributed by atoms with Crippen LogP contribution in [0.4, 0.5) is 0 Å². The number of benzene rings is 1. The summed E-state index contributed by atoms with van der Waals surface area (Å²) in [5.41, 5.74) is 5.96. The molecule has 3 heterocycles. The minimum Gasteiger partial charge on any atom is -0.492 e. The SMILES string of the molecule is Cc1cc(C)c(C)c(OCCN(C)Cc2ccc3n(c2=O)C[C@@H]2CNC[C@H]3C2)c1.Cl.Cl. The standard InChI is InChI=1S/C24H33N3O2.2ClH/c1-16-9-17(2)18(3)23(10-16)29-8-7-26(4)15-20-5-6-22-21-11-19(12-25-13-21)14-27(22)24(20)28;;/h5-6,9-10,19,21,25H,7-8,11-15H2,1-4H3;2*1H/t19-,21+;;/m0../s1. The molecule has 0 saturated carbocycles. The van der Waals surface area contributed by atoms with Crippen LogP contribution in [0.25, 0.3) is 0 Å². The molecule has 1 N–H and O–H groups in total. The summed E-state index contributed by atoms with van der Waals surface area (Å²) in [6, 6.07) is 8.49. The lowest BCUT2D eigenvalue weighted by Gasteiger charge is -2.37. The van der Waals surface area contributed by atoms with E-state index in [1.807, 2.05) is 10.6 Å². The van der Waals surface area contributed by atoms with Gasteiger partial charge in [0, 0.05) is 43.4 Å². The van der Waals surface area contributed by atoms with E-state index < -0.39 is 0 Å². The molecule has 1 fully saturated rings. The summed E-state index contributed by atoms with van der Waals surface area (Å²) in [5.74, 6) is 2.03. The van der Waals surface area contributed by atoms with Gasteiger partial charge in [-0.2, -0.15) is 0 Å². The lowest BCUT2D eigenvalue weighted by molar-refractivity contribution is 0.229. The van der Waals surface area contributed by atoms with Crippen LogP contribution in [0.3, 0.4) is 0 Å². The average molecular weight is 468 g/mol. The Kier molecular flexibility index (Phi) is 9.02. The van der Waals surface area contributed by atoms with Crippen LogP contribution in [0.15, 0.2) is 29.1 Å². The third-order valence-corrected chi connectivity index (χ3v) is 6.52. The number of aryl methyl sites for hydroxylation is 2. The van der Waals surface area contributed by atoms with E-state index >= 15 is 0 Å². The van der Waals surface area contributed by atoms with Gasteiger partial charge in [0.2, 0.25) is 0 Å². The van der Waals surface area contributed by atoms with E-state index in [2.05, 4.69) is 56.2 Å². The van der Waals surface area contributed by atoms with Gasteiger partial charge in [-0.3, -0.25) is 9.69 Å². The predicted octanol–water partition coefficient (Wildman–Crippen LogP) is 3.83. The van der Waals surface area contributed by atoms with E-state index in [9.17, 15) is 4.79 Å². The Labute approximate surface area is 198 Å². The van der Waals surface area contributed by atoms with Crippen molar-refractivity contribution in [2.24, 2.45) is 5.92 Å². The van der Waals surface area contributed by atoms with Gasteiger partial charge in [-0.25, -0.2) is 0 Å². The molecule has 0 amide bonds. The second kappa shape index (κ2) is 10.9. The third kappa shape index (κ3) is 5.64. The Morgan fingerprint density at radius 3 is 2.71 bits per heavy atom. The minimum atomic E-state index is 0. The third-order valence-electron chi connectivity index (χ3n) is 6.52. The van der Waals surface area contributed by atoms with Gasteiger partial charge in [0.25, 0.3) is 5.56 Å². The maximum atomic E-state index is 13.1. The zero-order valence-electron chi connectivity index (χ0n) is 18.9. The van der Waals surface area contributed by atoms with Gasteiger partial charge in [-0.05, 0) is 75.5 Å². The molecule has 1 aromatic carbocycles. The van der Waals surface area contributed by atoms with Crippen molar-refractivity contribution in [2.75, 3.05) is 33.3 Å². The van der Waals surface area contributed by atoms with Crippen LogP contribution in [-0.2, 0) is 13.1 Å². The number of rotatable bonds is 6. The first-order valence-electron chi connectivity index (χ1n) is 10.7. The normalized spacial score (nSPS) is 19.3. The molecule has 1 saturated heterocycles. The first-order valence-corrected chi connectivity index (χ1v) is 10.7. The van der Waals surface area contributed by atoms with Gasteiger partial charge < -0.3 is 14.6 Å². The molecule has 2 bridgehead atoms. The van der Waals surface area contributed by atoms with Crippen molar-refractivity contribution < 1.29 is 4.74 Å². The molecule has 0 spiro atoms. The molecule has 172 valence electrons. The monoisotopic (exact) mass is 467 g/mol. The van der Waals surface area contributed by atoms with Crippen LogP contribution in [-0.4, -0.2) is 42.8 Å². The number of nitrogens with one attached hydrogen (secondary N) is 1. The maximum Gasteiger partial charge on any atom is 0.255 e. The van der Waals surface area contributed by atoms with Crippen molar-refractivity contribution in [3.05, 3.63) is 62.6 Å². The van der Waals surface area contributed by atoms with Crippen molar-refractivity contribution in [1.82, 2.24) is 14.8 Å². The number of pyridine rings is 1. The van der Waals surface area contributed by atoms with Crippen LogP contribution < -0.4 is 15.6 Å². The van der Waals surface area contributed by atoms with Crippen molar-refractivity contribution in [1.29, 1.82) is 0 Å². The first kappa shape index (κ1) is 25.7. The second-order valence-electron chi connectivity index (χ2n) is 8.95. The van der Waals surface area contributed by atoms with E-state index in [0.29, 0.717) is 25.0 Å². The number of nitrogens with zero attached hydrogens (tertiary/aromatic N) is 2. The summed E-state index contributed by atoms with van der Waals surface area (Å²) in [4.78, 5) is 15.3. The molecule has 5 nitrogen and oxygen atoms in total. The van der Waals surface area contributed by atoms with Crippen molar-refractivity contribution >= 4 is 24.8 Å². The van der Waals surface area contributed by atoms with E-state index in [4.69, 9.17) is 4.74 Å². The number of likely N-dealkylation sites (N-methyl/N-ethyl adjacent to an activating group) is 1. The van der Waals surface area contributed by atoms with Gasteiger partial charge in [0.15, 0.2) is 0 Å². The van der Waals surface area contributed by atoms with Crippen molar-refractivity contribution in [3.63, 3.8) is 0 Å². The molecular weight excluding hydrogens is 433 g/mol. The quantitative estimate of drug-likeness (QED) is 0.700. The van der Waals surface area contributed by atoms with Crippen LogP contribution in [0.1, 0.15) is 40.3 Å². The number of fused-ring (bicyclic) bond motifs is 4. The summed E-state index contributed by atoms with van der Waals surface area (Å²) in [7, 11) is 2.06. The molecule has 2 aromatic rings. The van der Waals surface area contributed by atoms with E-state index in [-0.39, 0.29) is 30.4 Å². The summed E-state index contributed by atoms with van der Waals surface area (Å²) in [6.45, 7) is 11.2. The lowest BCUT2D eigenvalue weighted by atomic mass is 9.84. The summed E-state index contributed by atoms with van der Waals surface area (Å²) in [5, 5.41) is 3.50. The molecular formula is C24H35Cl2N3O2. The first-order chi connectivity index (χ1) is 13.9. The summed E-state index contributed by atoms with van der Waals surface area (Å²) >= 11 is 0. The number of ether oxygens (including phenoxy) is 1. The van der Waals surface area contributed by atoms with Crippen LogP contribution >= 0.6 is 24.8 Å². The Morgan fingerprint density at radius 1 is 1.16 bits per heavy atom. The molecule has 0 radical (unpaired) electrons. The highest BCUT2D eigenvalue weighted by atomic mass is 35.5. The highest BCUT2D eigenvalue weighted by Crippen LogP contribution is 2.31. The minimum absolute atomic E-state index is 0. The molecule has 2 atom stereocenters. The fourth-order valence-corrected chi connectivity index (χ4v) is 4.79. The van der Waals surface area contributed by atoms with Crippen molar-refractivity contribution in [3.8, 4) is 5.75 Å². The highest BCUT2D eigenvalue weighted by Gasteiger charge is 2.31. The molecule has 31 heavy (non-hydrogen) atoms. The Hall–Kier alpha value is -1.53. The van der Waals surface area contributed by atoms with Crippen LogP contribution in [0, 0.1) is 26.7 Å². The zero-order valence-corrected chi connectivity index (χ0v) is 20.6. The van der Waals surface area contributed by atoms with Gasteiger partial charge in [0.1, 0.15) is 12.4 Å². The Balaban J connectivity index is 0.00000171. The van der Waals surface area contributed by atoms with Crippen LogP contribution in [0.2, 0.25) is 0 Å². The Morgan fingerprint density at radius 2 is 1.94 bits per heavy atom. The van der Waals surface area contributed by atoms with E-state index in [1.54, 1.807) is 0 Å².